The number of pyridine rings is 1. The third-order valence-corrected chi connectivity index (χ3v) is 14.1. The van der Waals surface area contributed by atoms with E-state index >= 15 is 0 Å². The molecule has 7 atom stereocenters. The topological polar surface area (TPSA) is 235 Å². The van der Waals surface area contributed by atoms with Gasteiger partial charge in [-0.25, -0.2) is 0 Å². The third-order valence-electron chi connectivity index (χ3n) is 14.1. The molecule has 3 aromatic heterocycles. The summed E-state index contributed by atoms with van der Waals surface area (Å²) in [6.45, 7) is 3.77. The molecule has 0 unspecified atom stereocenters. The van der Waals surface area contributed by atoms with Gasteiger partial charge < -0.3 is 70.8 Å². The van der Waals surface area contributed by atoms with Gasteiger partial charge in [0.15, 0.2) is 29.0 Å². The van der Waals surface area contributed by atoms with E-state index in [1.165, 1.54) is 18.6 Å². The highest BCUT2D eigenvalue weighted by molar-refractivity contribution is 5.83. The number of rotatable bonds is 18. The van der Waals surface area contributed by atoms with E-state index in [2.05, 4.69) is 60.3 Å². The number of nitrogens with one attached hydrogen (secondary N) is 5. The van der Waals surface area contributed by atoms with E-state index in [-0.39, 0.29) is 65.4 Å². The van der Waals surface area contributed by atoms with Crippen LogP contribution in [0, 0.1) is 5.92 Å². The van der Waals surface area contributed by atoms with Crippen LogP contribution in [-0.2, 0) is 27.1 Å². The molecule has 4 aliphatic rings. The van der Waals surface area contributed by atoms with Gasteiger partial charge >= 0.3 is 5.97 Å². The Morgan fingerprint density at radius 3 is 2.76 bits per heavy atom. The predicted molar refractivity (Wildman–Crippen MR) is 267 cm³/mol. The maximum absolute atomic E-state index is 12.2. The van der Waals surface area contributed by atoms with E-state index in [0.717, 1.165) is 73.2 Å². The van der Waals surface area contributed by atoms with Crippen LogP contribution in [0.25, 0.3) is 10.9 Å². The number of ether oxygens (including phenoxy) is 4. The van der Waals surface area contributed by atoms with Gasteiger partial charge in [-0.15, -0.1) is 0 Å². The van der Waals surface area contributed by atoms with Crippen LogP contribution >= 0.6 is 0 Å². The summed E-state index contributed by atoms with van der Waals surface area (Å²) in [7, 11) is 2.00. The van der Waals surface area contributed by atoms with E-state index in [0.29, 0.717) is 62.2 Å². The van der Waals surface area contributed by atoms with Crippen molar-refractivity contribution in [2.24, 2.45) is 16.6 Å². The minimum absolute atomic E-state index is 0.0749. The number of dihydropyridines is 1. The highest BCUT2D eigenvalue weighted by Crippen LogP contribution is 2.45. The summed E-state index contributed by atoms with van der Waals surface area (Å²) in [5, 5.41) is 48.2. The number of hydrogen-bond donors (Lipinski definition) is 9. The van der Waals surface area contributed by atoms with Gasteiger partial charge in [-0.05, 0) is 117 Å². The summed E-state index contributed by atoms with van der Waals surface area (Å²) < 4.78 is 27.4. The fourth-order valence-electron chi connectivity index (χ4n) is 10.7. The third kappa shape index (κ3) is 11.6. The van der Waals surface area contributed by atoms with E-state index < -0.39 is 12.2 Å². The van der Waals surface area contributed by atoms with Gasteiger partial charge in [-0.3, -0.25) is 14.8 Å². The minimum atomic E-state index is -0.547. The van der Waals surface area contributed by atoms with Crippen molar-refractivity contribution in [3.8, 4) is 28.7 Å². The first kappa shape index (κ1) is 48.2. The molecule has 3 fully saturated rings. The molecule has 17 nitrogen and oxygen atoms in total. The molecule has 2 saturated heterocycles. The summed E-state index contributed by atoms with van der Waals surface area (Å²) >= 11 is 0. The lowest BCUT2D eigenvalue weighted by atomic mass is 9.69. The van der Waals surface area contributed by atoms with Crippen molar-refractivity contribution in [3.63, 3.8) is 0 Å². The zero-order valence-electron chi connectivity index (χ0n) is 40.0. The van der Waals surface area contributed by atoms with Gasteiger partial charge in [-0.2, -0.15) is 0 Å². The normalized spacial score (nSPS) is 25.1. The van der Waals surface area contributed by atoms with Crippen molar-refractivity contribution in [3.05, 3.63) is 120 Å². The number of phenols is 3. The average molecular weight is 958 g/mol. The molecule has 0 amide bonds. The Morgan fingerprint density at radius 2 is 1.94 bits per heavy atom. The van der Waals surface area contributed by atoms with Gasteiger partial charge in [0, 0.05) is 94.5 Å². The standard InChI is InChI=1S/C53H67N9O8/c1-33(63)68-41-26-39(69-46(27-41)38-24-45(65)50(66)48(25-38)67-21-15-36-7-4-17-56-29-36)11-9-35-10-12-44(64)47(22-35)70-40-8-3-16-53(28-40)42(30-55-2)51(62-31-37-14-20-57-43(37)32-62)60-52(61-53)59-18-5-6-34-13-19-58-49(54)23-34/h4,7,10,12-14,17,20,22-25,29,31-32,39-42,46,51,55,57-58,64-66H,3,5-6,8-9,11,15-16,18-19,21,26-28,30,54H2,1-2H3,(H2,59,60,61)/t39-,40-,41+,42-,46-,51+,53-/m0/s1. The van der Waals surface area contributed by atoms with Crippen molar-refractivity contribution in [1.82, 2.24) is 35.8 Å². The number of carbonyl (C=O) groups is 1. The Morgan fingerprint density at radius 1 is 1.04 bits per heavy atom. The van der Waals surface area contributed by atoms with Crippen LogP contribution < -0.4 is 36.5 Å². The second-order valence-corrected chi connectivity index (χ2v) is 19.2. The Hall–Kier alpha value is -6.85. The SMILES string of the molecule is CNC[C@H]1[C@@H](n2cc3cc[nH]c3c2)NC(=NCCCC2=CCNC(N)=C2)N[C@]12CCC[C@H](Oc1cc(CC[C@H]3C[C@@H](OC(C)=O)C[C@@H](c4cc(O)c(O)c(OCCc5cccnc5)c4)O3)ccc1O)C2. The van der Waals surface area contributed by atoms with E-state index in [1.807, 2.05) is 43.6 Å². The Labute approximate surface area is 408 Å². The molecule has 70 heavy (non-hydrogen) atoms. The van der Waals surface area contributed by atoms with Gasteiger partial charge in [0.2, 0.25) is 5.75 Å². The Bertz CT molecular complexity index is 2650. The average Bonchev–Trinajstić information content (AvgIpc) is 3.97. The van der Waals surface area contributed by atoms with E-state index in [9.17, 15) is 20.1 Å². The fourth-order valence-corrected chi connectivity index (χ4v) is 10.7. The van der Waals surface area contributed by atoms with Crippen LogP contribution in [-0.4, -0.2) is 98.9 Å². The Kier molecular flexibility index (Phi) is 15.0. The summed E-state index contributed by atoms with van der Waals surface area (Å²) in [5.41, 5.74) is 10.5. The number of aromatic hydroxyl groups is 3. The number of H-pyrrole nitrogens is 1. The van der Waals surface area contributed by atoms with Crippen LogP contribution in [0.4, 0.5) is 0 Å². The first-order chi connectivity index (χ1) is 34.0. The molecule has 372 valence electrons. The molecule has 17 heteroatoms. The smallest absolute Gasteiger partial charge is 0.302 e. The molecule has 5 aromatic rings. The van der Waals surface area contributed by atoms with Gasteiger partial charge in [0.05, 0.1) is 35.7 Å². The molecule has 0 bridgehead atoms. The summed E-state index contributed by atoms with van der Waals surface area (Å²) in [6.07, 6.45) is 20.1. The number of allylic oxidation sites excluding steroid dienone is 2. The maximum Gasteiger partial charge on any atom is 0.302 e. The second kappa shape index (κ2) is 21.8. The lowest BCUT2D eigenvalue weighted by Crippen LogP contribution is -2.69. The highest BCUT2D eigenvalue weighted by Gasteiger charge is 2.51. The summed E-state index contributed by atoms with van der Waals surface area (Å²) in [5.74, 6) is 1.14. The molecule has 1 spiro atoms. The van der Waals surface area contributed by atoms with E-state index in [4.69, 9.17) is 29.7 Å². The number of aliphatic imine (C=N–C) groups is 1. The molecular formula is C53H67N9O8. The molecule has 9 rings (SSSR count). The molecule has 1 saturated carbocycles. The zero-order valence-corrected chi connectivity index (χ0v) is 40.0. The Balaban J connectivity index is 0.887. The van der Waals surface area contributed by atoms with Crippen LogP contribution in [0.15, 0.2) is 108 Å². The molecule has 2 aromatic carbocycles. The zero-order chi connectivity index (χ0) is 48.6. The minimum Gasteiger partial charge on any atom is -0.504 e. The van der Waals surface area contributed by atoms with Gasteiger partial charge in [-0.1, -0.05) is 18.2 Å². The number of esters is 1. The quantitative estimate of drug-likeness (QED) is 0.0255. The fraction of sp³-hybridized carbons (Fsp3) is 0.453. The van der Waals surface area contributed by atoms with Crippen LogP contribution in [0.5, 0.6) is 28.7 Å². The van der Waals surface area contributed by atoms with Crippen molar-refractivity contribution < 1.29 is 39.1 Å². The number of aryl methyl sites for hydroxylation is 1. The van der Waals surface area contributed by atoms with Gasteiger partial charge in [0.1, 0.15) is 18.4 Å². The highest BCUT2D eigenvalue weighted by atomic mass is 16.6. The number of aromatic amines is 1. The summed E-state index contributed by atoms with van der Waals surface area (Å²) in [6, 6.07) is 14.5. The predicted octanol–water partition coefficient (Wildman–Crippen LogP) is 6.64. The van der Waals surface area contributed by atoms with Crippen LogP contribution in [0.1, 0.15) is 93.7 Å². The second-order valence-electron chi connectivity index (χ2n) is 19.2. The molecular weight excluding hydrogens is 891 g/mol. The number of nitrogens with zero attached hydrogens (tertiary/aromatic N) is 3. The summed E-state index contributed by atoms with van der Waals surface area (Å²) in [4.78, 5) is 24.9. The molecule has 0 radical (unpaired) electrons. The number of fused-ring (bicyclic) bond motifs is 1. The van der Waals surface area contributed by atoms with Gasteiger partial charge in [0.25, 0.3) is 0 Å². The molecule has 1 aliphatic carbocycles. The molecule has 3 aliphatic heterocycles. The van der Waals surface area contributed by atoms with Crippen molar-refractivity contribution in [2.75, 3.05) is 33.3 Å². The number of benzene rings is 2. The van der Waals surface area contributed by atoms with Crippen molar-refractivity contribution in [2.45, 2.75) is 114 Å². The maximum atomic E-state index is 12.2. The van der Waals surface area contributed by atoms with Crippen molar-refractivity contribution in [1.29, 1.82) is 0 Å². The van der Waals surface area contributed by atoms with E-state index in [1.54, 1.807) is 24.5 Å². The number of nitrogens with two attached hydrogens (primary N) is 1. The number of aromatic nitrogens is 3. The van der Waals surface area contributed by atoms with Crippen LogP contribution in [0.3, 0.4) is 0 Å². The number of phenolic OH excluding ortho intramolecular Hbond substituents is 3. The lowest BCUT2D eigenvalue weighted by Gasteiger charge is -2.53. The number of carbonyl (C=O) groups excluding carboxylic acids is 1. The number of guanidine groups is 1. The van der Waals surface area contributed by atoms with Crippen LogP contribution in [0.2, 0.25) is 0 Å². The molecule has 6 heterocycles. The monoisotopic (exact) mass is 958 g/mol. The lowest BCUT2D eigenvalue weighted by molar-refractivity contribution is -0.160. The largest absolute Gasteiger partial charge is 0.504 e. The van der Waals surface area contributed by atoms with Crippen molar-refractivity contribution >= 4 is 22.8 Å². The first-order valence-corrected chi connectivity index (χ1v) is 24.7. The first-order valence-electron chi connectivity index (χ1n) is 24.7. The molecule has 10 N–H and O–H groups in total. The number of hydrogen-bond acceptors (Lipinski definition) is 13.